The second kappa shape index (κ2) is 3.53. The van der Waals surface area contributed by atoms with Gasteiger partial charge in [-0.1, -0.05) is 32.0 Å². The van der Waals surface area contributed by atoms with E-state index in [1.807, 2.05) is 0 Å². The summed E-state index contributed by atoms with van der Waals surface area (Å²) in [6.07, 6.45) is 2.68. The van der Waals surface area contributed by atoms with Crippen LogP contribution in [0.4, 0.5) is 5.69 Å². The molecule has 4 atom stereocenters. The molecule has 2 bridgehead atoms. The molecule has 0 spiro atoms. The number of nitrogens with zero attached hydrogens (tertiary/aromatic N) is 1. The minimum atomic E-state index is 0.361. The standard InChI is InChI=1S/C17H25N/c1-12-8-6-7-9-15(12)18-14(3)17(5)11-16(18,4)10-13(17)2/h6-9,13-14H,10-11H2,1-5H3. The second-order valence-corrected chi connectivity index (χ2v) is 7.12. The summed E-state index contributed by atoms with van der Waals surface area (Å²) in [5.41, 5.74) is 3.70. The van der Waals surface area contributed by atoms with Gasteiger partial charge in [-0.15, -0.1) is 0 Å². The third-order valence-corrected chi connectivity index (χ3v) is 5.93. The number of para-hydroxylation sites is 1. The topological polar surface area (TPSA) is 3.24 Å². The van der Waals surface area contributed by atoms with Crippen molar-refractivity contribution in [3.8, 4) is 0 Å². The van der Waals surface area contributed by atoms with E-state index in [1.54, 1.807) is 0 Å². The van der Waals surface area contributed by atoms with Crippen molar-refractivity contribution in [1.82, 2.24) is 0 Å². The summed E-state index contributed by atoms with van der Waals surface area (Å²) in [5.74, 6) is 0.845. The summed E-state index contributed by atoms with van der Waals surface area (Å²) in [7, 11) is 0. The number of rotatable bonds is 1. The average Bonchev–Trinajstić information content (AvgIpc) is 2.64. The third kappa shape index (κ3) is 1.34. The Kier molecular flexibility index (Phi) is 2.36. The predicted molar refractivity (Wildman–Crippen MR) is 78.0 cm³/mol. The molecule has 0 N–H and O–H groups in total. The summed E-state index contributed by atoms with van der Waals surface area (Å²) in [6, 6.07) is 9.50. The quantitative estimate of drug-likeness (QED) is 0.706. The van der Waals surface area contributed by atoms with Crippen molar-refractivity contribution in [2.24, 2.45) is 11.3 Å². The van der Waals surface area contributed by atoms with Gasteiger partial charge in [-0.2, -0.15) is 0 Å². The number of hydrogen-bond donors (Lipinski definition) is 0. The molecule has 0 amide bonds. The fourth-order valence-corrected chi connectivity index (χ4v) is 4.80. The maximum Gasteiger partial charge on any atom is 0.0403 e. The lowest BCUT2D eigenvalue weighted by Gasteiger charge is -2.47. The van der Waals surface area contributed by atoms with Gasteiger partial charge >= 0.3 is 0 Å². The van der Waals surface area contributed by atoms with Crippen LogP contribution >= 0.6 is 0 Å². The van der Waals surface area contributed by atoms with E-state index in [-0.39, 0.29) is 0 Å². The summed E-state index contributed by atoms with van der Waals surface area (Å²) in [6.45, 7) is 12.1. The molecule has 1 heterocycles. The Morgan fingerprint density at radius 1 is 1.17 bits per heavy atom. The molecule has 4 unspecified atom stereocenters. The van der Waals surface area contributed by atoms with E-state index in [1.165, 1.54) is 24.1 Å². The highest BCUT2D eigenvalue weighted by Crippen LogP contribution is 2.61. The molecule has 0 radical (unpaired) electrons. The summed E-state index contributed by atoms with van der Waals surface area (Å²) >= 11 is 0. The van der Waals surface area contributed by atoms with Crippen LogP contribution in [0.5, 0.6) is 0 Å². The lowest BCUT2D eigenvalue weighted by molar-refractivity contribution is 0.200. The lowest BCUT2D eigenvalue weighted by atomic mass is 9.75. The zero-order valence-corrected chi connectivity index (χ0v) is 12.3. The Morgan fingerprint density at radius 2 is 1.83 bits per heavy atom. The van der Waals surface area contributed by atoms with Gasteiger partial charge in [-0.25, -0.2) is 0 Å². The van der Waals surface area contributed by atoms with Crippen molar-refractivity contribution in [3.63, 3.8) is 0 Å². The van der Waals surface area contributed by atoms with E-state index in [0.717, 1.165) is 5.92 Å². The molecule has 1 saturated carbocycles. The van der Waals surface area contributed by atoms with Crippen LogP contribution in [0, 0.1) is 18.3 Å². The lowest BCUT2D eigenvalue weighted by Crippen LogP contribution is -2.51. The SMILES string of the molecule is Cc1ccccc1N1C(C)C2(C)CC1(C)CC2C. The second-order valence-electron chi connectivity index (χ2n) is 7.12. The molecule has 1 nitrogen and oxygen atoms in total. The minimum absolute atomic E-state index is 0.361. The van der Waals surface area contributed by atoms with Crippen LogP contribution in [-0.4, -0.2) is 11.6 Å². The van der Waals surface area contributed by atoms with Gasteiger partial charge in [0.15, 0.2) is 0 Å². The zero-order valence-electron chi connectivity index (χ0n) is 12.3. The van der Waals surface area contributed by atoms with Gasteiger partial charge in [0.1, 0.15) is 0 Å². The first-order valence-corrected chi connectivity index (χ1v) is 7.23. The van der Waals surface area contributed by atoms with Crippen LogP contribution in [0.25, 0.3) is 0 Å². The van der Waals surface area contributed by atoms with Crippen molar-refractivity contribution >= 4 is 5.69 Å². The maximum absolute atomic E-state index is 2.71. The Morgan fingerprint density at radius 3 is 2.39 bits per heavy atom. The highest BCUT2D eigenvalue weighted by atomic mass is 15.3. The fourth-order valence-electron chi connectivity index (χ4n) is 4.80. The molecule has 3 rings (SSSR count). The molecule has 18 heavy (non-hydrogen) atoms. The van der Waals surface area contributed by atoms with Gasteiger partial charge in [-0.05, 0) is 56.6 Å². The van der Waals surface area contributed by atoms with E-state index < -0.39 is 0 Å². The van der Waals surface area contributed by atoms with Crippen LogP contribution in [0.15, 0.2) is 24.3 Å². The molecule has 0 aromatic heterocycles. The van der Waals surface area contributed by atoms with Crippen LogP contribution < -0.4 is 4.90 Å². The van der Waals surface area contributed by atoms with E-state index in [0.29, 0.717) is 17.0 Å². The van der Waals surface area contributed by atoms with Crippen LogP contribution in [0.3, 0.4) is 0 Å². The van der Waals surface area contributed by atoms with Crippen molar-refractivity contribution in [2.75, 3.05) is 4.90 Å². The van der Waals surface area contributed by atoms with Crippen LogP contribution in [0.2, 0.25) is 0 Å². The number of aryl methyl sites for hydroxylation is 1. The number of piperidine rings is 1. The van der Waals surface area contributed by atoms with Gasteiger partial charge < -0.3 is 4.90 Å². The van der Waals surface area contributed by atoms with Crippen molar-refractivity contribution in [1.29, 1.82) is 0 Å². The largest absolute Gasteiger partial charge is 0.363 e. The summed E-state index contributed by atoms with van der Waals surface area (Å²) in [5, 5.41) is 0. The molecule has 2 fully saturated rings. The molecule has 1 saturated heterocycles. The zero-order chi connectivity index (χ0) is 13.1. The first kappa shape index (κ1) is 12.1. The van der Waals surface area contributed by atoms with Gasteiger partial charge in [0.05, 0.1) is 0 Å². The number of anilines is 1. The summed E-state index contributed by atoms with van der Waals surface area (Å²) in [4.78, 5) is 2.71. The molecule has 1 aromatic rings. The monoisotopic (exact) mass is 243 g/mol. The highest BCUT2D eigenvalue weighted by Gasteiger charge is 2.61. The molecule has 2 aliphatic rings. The molecule has 1 aromatic carbocycles. The van der Waals surface area contributed by atoms with Gasteiger partial charge in [0, 0.05) is 17.3 Å². The fraction of sp³-hybridized carbons (Fsp3) is 0.647. The van der Waals surface area contributed by atoms with Crippen molar-refractivity contribution in [3.05, 3.63) is 29.8 Å². The van der Waals surface area contributed by atoms with Gasteiger partial charge in [0.25, 0.3) is 0 Å². The van der Waals surface area contributed by atoms with Crippen molar-refractivity contribution < 1.29 is 0 Å². The smallest absolute Gasteiger partial charge is 0.0403 e. The third-order valence-electron chi connectivity index (χ3n) is 5.93. The Hall–Kier alpha value is -0.980. The van der Waals surface area contributed by atoms with E-state index in [4.69, 9.17) is 0 Å². The molecular formula is C17H25N. The Bertz CT molecular complexity index is 480. The van der Waals surface area contributed by atoms with E-state index >= 15 is 0 Å². The maximum atomic E-state index is 2.71. The van der Waals surface area contributed by atoms with E-state index in [2.05, 4.69) is 63.8 Å². The normalized spacial score (nSPS) is 42.6. The molecular weight excluding hydrogens is 218 g/mol. The van der Waals surface area contributed by atoms with E-state index in [9.17, 15) is 0 Å². The summed E-state index contributed by atoms with van der Waals surface area (Å²) < 4.78 is 0. The molecule has 1 aliphatic carbocycles. The first-order chi connectivity index (χ1) is 8.38. The molecule has 1 heteroatoms. The number of fused-ring (bicyclic) bond motifs is 2. The van der Waals surface area contributed by atoms with Crippen LogP contribution in [-0.2, 0) is 0 Å². The highest BCUT2D eigenvalue weighted by molar-refractivity contribution is 5.58. The molecule has 98 valence electrons. The van der Waals surface area contributed by atoms with Crippen molar-refractivity contribution in [2.45, 2.75) is 59.0 Å². The predicted octanol–water partition coefficient (Wildman–Crippen LogP) is 4.40. The van der Waals surface area contributed by atoms with Gasteiger partial charge in [0.2, 0.25) is 0 Å². The minimum Gasteiger partial charge on any atom is -0.363 e. The first-order valence-electron chi connectivity index (χ1n) is 7.23. The number of hydrogen-bond acceptors (Lipinski definition) is 1. The average molecular weight is 243 g/mol. The van der Waals surface area contributed by atoms with Crippen LogP contribution in [0.1, 0.15) is 46.1 Å². The van der Waals surface area contributed by atoms with Gasteiger partial charge in [-0.3, -0.25) is 0 Å². The molecule has 1 aliphatic heterocycles. The Balaban J connectivity index is 2.08. The number of benzene rings is 1. The Labute approximate surface area is 111 Å².